The molecule has 3 heteroatoms. The molecule has 2 fully saturated rings. The highest BCUT2D eigenvalue weighted by Crippen LogP contribution is 2.30. The molecule has 1 saturated carbocycles. The molecule has 0 aromatic carbocycles. The van der Waals surface area contributed by atoms with Crippen LogP contribution in [-0.4, -0.2) is 35.5 Å². The van der Waals surface area contributed by atoms with E-state index in [1.165, 1.54) is 12.8 Å². The van der Waals surface area contributed by atoms with E-state index in [0.29, 0.717) is 11.9 Å². The number of rotatable bonds is 3. The van der Waals surface area contributed by atoms with Gasteiger partial charge in [0.05, 0.1) is 5.54 Å². The van der Waals surface area contributed by atoms with E-state index in [4.69, 9.17) is 0 Å². The zero-order valence-electron chi connectivity index (χ0n) is 9.18. The molecule has 1 amide bonds. The minimum atomic E-state index is -0.265. The summed E-state index contributed by atoms with van der Waals surface area (Å²) in [5.41, 5.74) is -0.265. The first-order chi connectivity index (χ1) is 6.67. The molecule has 3 nitrogen and oxygen atoms in total. The van der Waals surface area contributed by atoms with Crippen LogP contribution in [0.5, 0.6) is 0 Å². The quantitative estimate of drug-likeness (QED) is 0.734. The van der Waals surface area contributed by atoms with Gasteiger partial charge in [0.1, 0.15) is 0 Å². The molecule has 0 bridgehead atoms. The Hall–Kier alpha value is -0.570. The fourth-order valence-corrected chi connectivity index (χ4v) is 2.35. The van der Waals surface area contributed by atoms with E-state index in [1.54, 1.807) is 0 Å². The van der Waals surface area contributed by atoms with Crippen molar-refractivity contribution in [2.45, 2.75) is 51.1 Å². The Morgan fingerprint density at radius 2 is 2.29 bits per heavy atom. The molecule has 0 aromatic heterocycles. The Kier molecular flexibility index (Phi) is 2.52. The van der Waals surface area contributed by atoms with Crippen molar-refractivity contribution in [3.05, 3.63) is 0 Å². The molecule has 2 aliphatic rings. The van der Waals surface area contributed by atoms with Gasteiger partial charge in [0, 0.05) is 12.6 Å². The van der Waals surface area contributed by atoms with Crippen molar-refractivity contribution < 1.29 is 4.79 Å². The fourth-order valence-electron chi connectivity index (χ4n) is 2.35. The summed E-state index contributed by atoms with van der Waals surface area (Å²) >= 11 is 0. The molecule has 2 rings (SSSR count). The lowest BCUT2D eigenvalue weighted by molar-refractivity contribution is -0.137. The summed E-state index contributed by atoms with van der Waals surface area (Å²) < 4.78 is 0. The average Bonchev–Trinajstić information content (AvgIpc) is 2.90. The van der Waals surface area contributed by atoms with Crippen molar-refractivity contribution in [2.75, 3.05) is 13.1 Å². The molecule has 1 heterocycles. The fraction of sp³-hybridized carbons (Fsp3) is 0.909. The molecule has 1 unspecified atom stereocenters. The van der Waals surface area contributed by atoms with E-state index in [-0.39, 0.29) is 5.54 Å². The number of carbonyl (C=O) groups excluding carboxylic acids is 1. The Labute approximate surface area is 85.8 Å². The smallest absolute Gasteiger partial charge is 0.242 e. The van der Waals surface area contributed by atoms with Crippen molar-refractivity contribution in [2.24, 2.45) is 0 Å². The maximum Gasteiger partial charge on any atom is 0.242 e. The molecule has 14 heavy (non-hydrogen) atoms. The summed E-state index contributed by atoms with van der Waals surface area (Å²) in [5, 5.41) is 3.34. The van der Waals surface area contributed by atoms with Crippen LogP contribution in [0.3, 0.4) is 0 Å². The van der Waals surface area contributed by atoms with Crippen LogP contribution in [0.1, 0.15) is 39.5 Å². The van der Waals surface area contributed by atoms with Gasteiger partial charge in [-0.15, -0.1) is 0 Å². The lowest BCUT2D eigenvalue weighted by Gasteiger charge is -2.31. The average molecular weight is 196 g/mol. The number of nitrogens with zero attached hydrogens (tertiary/aromatic N) is 1. The van der Waals surface area contributed by atoms with Crippen LogP contribution in [0.25, 0.3) is 0 Å². The van der Waals surface area contributed by atoms with E-state index in [2.05, 4.69) is 17.1 Å². The molecule has 1 N–H and O–H groups in total. The molecule has 1 aliphatic heterocycles. The topological polar surface area (TPSA) is 32.3 Å². The predicted octanol–water partition coefficient (Wildman–Crippen LogP) is 1.14. The molecule has 0 aromatic rings. The predicted molar refractivity (Wildman–Crippen MR) is 56.1 cm³/mol. The molecular formula is C11H20N2O. The van der Waals surface area contributed by atoms with Gasteiger partial charge >= 0.3 is 0 Å². The summed E-state index contributed by atoms with van der Waals surface area (Å²) in [7, 11) is 0. The summed E-state index contributed by atoms with van der Waals surface area (Å²) in [6.45, 7) is 5.98. The molecule has 0 radical (unpaired) electrons. The lowest BCUT2D eigenvalue weighted by atomic mass is 9.98. The van der Waals surface area contributed by atoms with E-state index in [0.717, 1.165) is 25.9 Å². The number of likely N-dealkylation sites (N-methyl/N-ethyl adjacent to an activating group) is 1. The second kappa shape index (κ2) is 3.54. The zero-order chi connectivity index (χ0) is 10.2. The van der Waals surface area contributed by atoms with Gasteiger partial charge in [-0.1, -0.05) is 0 Å². The third-order valence-corrected chi connectivity index (χ3v) is 3.43. The van der Waals surface area contributed by atoms with Crippen LogP contribution >= 0.6 is 0 Å². The van der Waals surface area contributed by atoms with E-state index in [9.17, 15) is 4.79 Å². The molecule has 80 valence electrons. The molecule has 1 saturated heterocycles. The van der Waals surface area contributed by atoms with Crippen LogP contribution in [0.2, 0.25) is 0 Å². The van der Waals surface area contributed by atoms with Crippen molar-refractivity contribution in [3.8, 4) is 0 Å². The van der Waals surface area contributed by atoms with Gasteiger partial charge in [0.25, 0.3) is 0 Å². The van der Waals surface area contributed by atoms with Gasteiger partial charge in [-0.3, -0.25) is 4.79 Å². The number of nitrogens with one attached hydrogen (secondary N) is 1. The van der Waals surface area contributed by atoms with Crippen molar-refractivity contribution >= 4 is 5.91 Å². The largest absolute Gasteiger partial charge is 0.338 e. The summed E-state index contributed by atoms with van der Waals surface area (Å²) in [5.74, 6) is 0.319. The molecular weight excluding hydrogens is 176 g/mol. The van der Waals surface area contributed by atoms with Crippen LogP contribution in [0, 0.1) is 0 Å². The van der Waals surface area contributed by atoms with Gasteiger partial charge in [-0.2, -0.15) is 0 Å². The Morgan fingerprint density at radius 3 is 2.71 bits per heavy atom. The Morgan fingerprint density at radius 1 is 1.57 bits per heavy atom. The Bertz CT molecular complexity index is 229. The highest BCUT2D eigenvalue weighted by atomic mass is 16.2. The molecule has 0 spiro atoms. The van der Waals surface area contributed by atoms with Gasteiger partial charge in [0.2, 0.25) is 5.91 Å². The molecule has 1 atom stereocenters. The van der Waals surface area contributed by atoms with Crippen molar-refractivity contribution in [3.63, 3.8) is 0 Å². The van der Waals surface area contributed by atoms with Gasteiger partial charge in [-0.25, -0.2) is 0 Å². The zero-order valence-corrected chi connectivity index (χ0v) is 9.18. The summed E-state index contributed by atoms with van der Waals surface area (Å²) in [4.78, 5) is 14.3. The monoisotopic (exact) mass is 196 g/mol. The third kappa shape index (κ3) is 1.65. The van der Waals surface area contributed by atoms with Gasteiger partial charge in [0.15, 0.2) is 0 Å². The second-order valence-electron chi connectivity index (χ2n) is 4.68. The minimum Gasteiger partial charge on any atom is -0.338 e. The third-order valence-electron chi connectivity index (χ3n) is 3.43. The van der Waals surface area contributed by atoms with Crippen LogP contribution in [0.15, 0.2) is 0 Å². The van der Waals surface area contributed by atoms with E-state index < -0.39 is 0 Å². The van der Waals surface area contributed by atoms with Crippen molar-refractivity contribution in [1.82, 2.24) is 10.2 Å². The SMILES string of the molecule is CCN(C(=O)C1(C)CCCN1)C1CC1. The van der Waals surface area contributed by atoms with E-state index in [1.807, 2.05) is 6.92 Å². The number of hydrogen-bond acceptors (Lipinski definition) is 2. The first-order valence-electron chi connectivity index (χ1n) is 5.73. The Balaban J connectivity index is 2.04. The van der Waals surface area contributed by atoms with Crippen LogP contribution in [0.4, 0.5) is 0 Å². The van der Waals surface area contributed by atoms with Crippen LogP contribution < -0.4 is 5.32 Å². The standard InChI is InChI=1S/C11H20N2O/c1-3-13(9-5-6-9)10(14)11(2)7-4-8-12-11/h9,12H,3-8H2,1-2H3. The number of amides is 1. The first kappa shape index (κ1) is 9.97. The van der Waals surface area contributed by atoms with Crippen LogP contribution in [-0.2, 0) is 4.79 Å². The molecule has 1 aliphatic carbocycles. The maximum atomic E-state index is 12.2. The number of hydrogen-bond donors (Lipinski definition) is 1. The lowest BCUT2D eigenvalue weighted by Crippen LogP contribution is -2.53. The van der Waals surface area contributed by atoms with Gasteiger partial charge < -0.3 is 10.2 Å². The minimum absolute atomic E-state index is 0.265. The van der Waals surface area contributed by atoms with Gasteiger partial charge in [-0.05, 0) is 46.1 Å². The van der Waals surface area contributed by atoms with E-state index >= 15 is 0 Å². The second-order valence-corrected chi connectivity index (χ2v) is 4.68. The first-order valence-corrected chi connectivity index (χ1v) is 5.73. The number of carbonyl (C=O) groups is 1. The van der Waals surface area contributed by atoms with Crippen molar-refractivity contribution in [1.29, 1.82) is 0 Å². The maximum absolute atomic E-state index is 12.2. The summed E-state index contributed by atoms with van der Waals surface area (Å²) in [6, 6.07) is 0.548. The normalized spacial score (nSPS) is 31.9. The highest BCUT2D eigenvalue weighted by Gasteiger charge is 2.42. The summed E-state index contributed by atoms with van der Waals surface area (Å²) in [6.07, 6.45) is 4.53. The highest BCUT2D eigenvalue weighted by molar-refractivity contribution is 5.86.